The van der Waals surface area contributed by atoms with E-state index in [9.17, 15) is 12.8 Å². The number of rotatable bonds is 4. The Kier molecular flexibility index (Phi) is 4.95. The van der Waals surface area contributed by atoms with Gasteiger partial charge < -0.3 is 5.73 Å². The number of benzene rings is 1. The summed E-state index contributed by atoms with van der Waals surface area (Å²) in [7, 11) is -3.68. The van der Waals surface area contributed by atoms with E-state index in [1.54, 1.807) is 0 Å². The van der Waals surface area contributed by atoms with Gasteiger partial charge in [-0.1, -0.05) is 19.1 Å². The molecule has 1 aromatic rings. The Labute approximate surface area is 130 Å². The van der Waals surface area contributed by atoms with E-state index in [1.165, 1.54) is 12.1 Å². The number of thiocarbonyl (C=S) groups is 1. The molecule has 0 unspecified atom stereocenters. The Morgan fingerprint density at radius 3 is 2.52 bits per heavy atom. The molecule has 116 valence electrons. The third-order valence-electron chi connectivity index (χ3n) is 3.85. The van der Waals surface area contributed by atoms with Crippen LogP contribution in [0.2, 0.25) is 0 Å². The van der Waals surface area contributed by atoms with Crippen LogP contribution in [0.15, 0.2) is 23.1 Å². The first-order chi connectivity index (χ1) is 9.79. The summed E-state index contributed by atoms with van der Waals surface area (Å²) in [6, 6.07) is 3.42. The lowest BCUT2D eigenvalue weighted by molar-refractivity contribution is 0.332. The highest BCUT2D eigenvalue weighted by molar-refractivity contribution is 7.89. The van der Waals surface area contributed by atoms with E-state index in [0.717, 1.165) is 31.7 Å². The van der Waals surface area contributed by atoms with Gasteiger partial charge >= 0.3 is 0 Å². The molecule has 0 bridgehead atoms. The third-order valence-corrected chi connectivity index (χ3v) is 5.59. The van der Waals surface area contributed by atoms with Crippen molar-refractivity contribution in [1.82, 2.24) is 4.72 Å². The molecule has 0 aliphatic heterocycles. The van der Waals surface area contributed by atoms with Crippen molar-refractivity contribution in [2.24, 2.45) is 11.7 Å². The van der Waals surface area contributed by atoms with Crippen LogP contribution in [-0.4, -0.2) is 19.4 Å². The predicted octanol–water partition coefficient (Wildman–Crippen LogP) is 2.32. The first-order valence-corrected chi connectivity index (χ1v) is 8.80. The van der Waals surface area contributed by atoms with Gasteiger partial charge in [-0.05, 0) is 49.8 Å². The van der Waals surface area contributed by atoms with Crippen molar-refractivity contribution in [3.63, 3.8) is 0 Å². The van der Waals surface area contributed by atoms with Crippen molar-refractivity contribution in [3.05, 3.63) is 29.6 Å². The minimum absolute atomic E-state index is 0.00896. The molecule has 0 aromatic heterocycles. The van der Waals surface area contributed by atoms with Crippen LogP contribution >= 0.6 is 12.2 Å². The van der Waals surface area contributed by atoms with Crippen molar-refractivity contribution in [2.75, 3.05) is 0 Å². The molecule has 1 aliphatic carbocycles. The summed E-state index contributed by atoms with van der Waals surface area (Å²) in [5.74, 6) is 0.0192. The van der Waals surface area contributed by atoms with Gasteiger partial charge in [0.25, 0.3) is 0 Å². The summed E-state index contributed by atoms with van der Waals surface area (Å²) < 4.78 is 40.9. The van der Waals surface area contributed by atoms with E-state index in [0.29, 0.717) is 5.92 Å². The molecule has 4 nitrogen and oxygen atoms in total. The number of sulfonamides is 1. The summed E-state index contributed by atoms with van der Waals surface area (Å²) in [6.07, 6.45) is 3.66. The van der Waals surface area contributed by atoms with Gasteiger partial charge in [-0.25, -0.2) is 17.5 Å². The molecule has 0 atom stereocenters. The standard InChI is InChI=1S/C14H19FN2O2S2/c1-9-2-4-10(5-3-9)17-21(18,19)11-6-7-13(15)12(8-11)14(16)20/h6-10,17H,2-5H2,1H3,(H2,16,20). The second kappa shape index (κ2) is 6.37. The second-order valence-electron chi connectivity index (χ2n) is 5.58. The molecule has 1 aliphatic rings. The van der Waals surface area contributed by atoms with Crippen LogP contribution in [0.1, 0.15) is 38.2 Å². The van der Waals surface area contributed by atoms with E-state index >= 15 is 0 Å². The average molecular weight is 330 g/mol. The maximum Gasteiger partial charge on any atom is 0.240 e. The lowest BCUT2D eigenvalue weighted by Gasteiger charge is -2.26. The second-order valence-corrected chi connectivity index (χ2v) is 7.74. The van der Waals surface area contributed by atoms with Gasteiger partial charge in [0, 0.05) is 11.6 Å². The van der Waals surface area contributed by atoms with E-state index in [4.69, 9.17) is 18.0 Å². The van der Waals surface area contributed by atoms with E-state index < -0.39 is 15.8 Å². The van der Waals surface area contributed by atoms with Gasteiger partial charge in [-0.15, -0.1) is 0 Å². The lowest BCUT2D eigenvalue weighted by Crippen LogP contribution is -2.37. The van der Waals surface area contributed by atoms with Crippen molar-refractivity contribution in [1.29, 1.82) is 0 Å². The maximum absolute atomic E-state index is 13.5. The molecule has 0 spiro atoms. The number of hydrogen-bond acceptors (Lipinski definition) is 3. The maximum atomic E-state index is 13.5. The topological polar surface area (TPSA) is 72.2 Å². The largest absolute Gasteiger partial charge is 0.389 e. The molecule has 1 saturated carbocycles. The Morgan fingerprint density at radius 1 is 1.33 bits per heavy atom. The van der Waals surface area contributed by atoms with E-state index in [-0.39, 0.29) is 21.5 Å². The molecule has 3 N–H and O–H groups in total. The highest BCUT2D eigenvalue weighted by Crippen LogP contribution is 2.25. The third kappa shape index (κ3) is 3.99. The van der Waals surface area contributed by atoms with Gasteiger partial charge in [0.15, 0.2) is 0 Å². The number of hydrogen-bond donors (Lipinski definition) is 2. The molecule has 0 radical (unpaired) electrons. The molecule has 1 fully saturated rings. The smallest absolute Gasteiger partial charge is 0.240 e. The molecular weight excluding hydrogens is 311 g/mol. The van der Waals surface area contributed by atoms with Crippen molar-refractivity contribution in [3.8, 4) is 0 Å². The summed E-state index contributed by atoms with van der Waals surface area (Å²) in [6.45, 7) is 2.17. The van der Waals surface area contributed by atoms with Gasteiger partial charge in [0.1, 0.15) is 10.8 Å². The molecule has 2 rings (SSSR count). The normalized spacial score (nSPS) is 23.0. The van der Waals surface area contributed by atoms with E-state index in [2.05, 4.69) is 11.6 Å². The summed E-state index contributed by atoms with van der Waals surface area (Å²) in [5.41, 5.74) is 5.35. The first kappa shape index (κ1) is 16.3. The van der Waals surface area contributed by atoms with Crippen molar-refractivity contribution in [2.45, 2.75) is 43.5 Å². The number of nitrogens with one attached hydrogen (secondary N) is 1. The van der Waals surface area contributed by atoms with Gasteiger partial charge in [-0.2, -0.15) is 0 Å². The van der Waals surface area contributed by atoms with Crippen LogP contribution in [0.4, 0.5) is 4.39 Å². The molecule has 7 heteroatoms. The molecule has 0 heterocycles. The van der Waals surface area contributed by atoms with Crippen molar-refractivity contribution < 1.29 is 12.8 Å². The Balaban J connectivity index is 2.20. The number of halogens is 1. The summed E-state index contributed by atoms with van der Waals surface area (Å²) in [5, 5.41) is 0. The molecule has 1 aromatic carbocycles. The Bertz CT molecular complexity index is 638. The predicted molar refractivity (Wildman–Crippen MR) is 84.0 cm³/mol. The molecule has 0 saturated heterocycles. The zero-order chi connectivity index (χ0) is 15.6. The monoisotopic (exact) mass is 330 g/mol. The van der Waals surface area contributed by atoms with Gasteiger partial charge in [0.2, 0.25) is 10.0 Å². The first-order valence-electron chi connectivity index (χ1n) is 6.91. The summed E-state index contributed by atoms with van der Waals surface area (Å²) in [4.78, 5) is -0.165. The van der Waals surface area contributed by atoms with Gasteiger partial charge in [-0.3, -0.25) is 0 Å². The van der Waals surface area contributed by atoms with Crippen LogP contribution in [0, 0.1) is 11.7 Å². The van der Waals surface area contributed by atoms with Crippen LogP contribution in [0.5, 0.6) is 0 Å². The minimum Gasteiger partial charge on any atom is -0.389 e. The quantitative estimate of drug-likeness (QED) is 0.831. The van der Waals surface area contributed by atoms with Crippen molar-refractivity contribution >= 4 is 27.2 Å². The zero-order valence-electron chi connectivity index (χ0n) is 11.8. The fourth-order valence-electron chi connectivity index (χ4n) is 2.53. The molecule has 0 amide bonds. The Hall–Kier alpha value is -1.05. The zero-order valence-corrected chi connectivity index (χ0v) is 13.4. The average Bonchev–Trinajstić information content (AvgIpc) is 2.41. The fraction of sp³-hybridized carbons (Fsp3) is 0.500. The summed E-state index contributed by atoms with van der Waals surface area (Å²) >= 11 is 4.73. The highest BCUT2D eigenvalue weighted by Gasteiger charge is 2.24. The van der Waals surface area contributed by atoms with Gasteiger partial charge in [0.05, 0.1) is 4.90 Å². The van der Waals surface area contributed by atoms with Crippen LogP contribution in [0.25, 0.3) is 0 Å². The molecular formula is C14H19FN2O2S2. The molecule has 21 heavy (non-hydrogen) atoms. The van der Waals surface area contributed by atoms with Crippen LogP contribution in [0.3, 0.4) is 0 Å². The van der Waals surface area contributed by atoms with E-state index in [1.807, 2.05) is 0 Å². The number of nitrogens with two attached hydrogens (primary N) is 1. The SMILES string of the molecule is CC1CCC(NS(=O)(=O)c2ccc(F)c(C(N)=S)c2)CC1. The minimum atomic E-state index is -3.68. The lowest BCUT2D eigenvalue weighted by atomic mass is 9.88. The van der Waals surface area contributed by atoms with Crippen LogP contribution < -0.4 is 10.5 Å². The Morgan fingerprint density at radius 2 is 1.95 bits per heavy atom. The van der Waals surface area contributed by atoms with Crippen LogP contribution in [-0.2, 0) is 10.0 Å². The highest BCUT2D eigenvalue weighted by atomic mass is 32.2. The fourth-order valence-corrected chi connectivity index (χ4v) is 4.01.